The van der Waals surface area contributed by atoms with Crippen LogP contribution < -0.4 is 4.74 Å². The van der Waals surface area contributed by atoms with Gasteiger partial charge in [-0.2, -0.15) is 26.3 Å². The van der Waals surface area contributed by atoms with Gasteiger partial charge in [0, 0.05) is 0 Å². The van der Waals surface area contributed by atoms with Gasteiger partial charge in [-0.15, -0.1) is 0 Å². The molecular formula is C10H7F6NO3. The number of aryl methyl sites for hydroxylation is 1. The first-order valence-electron chi connectivity index (χ1n) is 4.93. The number of aromatic nitrogens is 1. The van der Waals surface area contributed by atoms with Crippen molar-refractivity contribution in [1.82, 2.24) is 4.98 Å². The molecule has 0 amide bonds. The van der Waals surface area contributed by atoms with E-state index in [1.807, 2.05) is 0 Å². The van der Waals surface area contributed by atoms with Gasteiger partial charge in [0.15, 0.2) is 6.61 Å². The molecule has 1 heterocycles. The van der Waals surface area contributed by atoms with Crippen LogP contribution in [0.3, 0.4) is 0 Å². The van der Waals surface area contributed by atoms with Gasteiger partial charge in [0.2, 0.25) is 5.88 Å². The molecule has 0 aliphatic carbocycles. The molecule has 1 aromatic rings. The fourth-order valence-electron chi connectivity index (χ4n) is 1.30. The molecule has 112 valence electrons. The summed E-state index contributed by atoms with van der Waals surface area (Å²) in [6.07, 6.45) is -9.77. The van der Waals surface area contributed by atoms with E-state index in [1.165, 1.54) is 0 Å². The zero-order valence-corrected chi connectivity index (χ0v) is 9.76. The lowest BCUT2D eigenvalue weighted by Gasteiger charge is -2.14. The molecule has 1 rings (SSSR count). The number of nitrogens with zero attached hydrogens (tertiary/aromatic N) is 1. The minimum atomic E-state index is -4.93. The molecule has 0 atom stereocenters. The number of alkyl halides is 6. The number of carboxylic acid groups (broad SMARTS) is 1. The molecule has 20 heavy (non-hydrogen) atoms. The lowest BCUT2D eigenvalue weighted by Crippen LogP contribution is -2.22. The molecule has 0 fully saturated rings. The van der Waals surface area contributed by atoms with Crippen LogP contribution >= 0.6 is 0 Å². The van der Waals surface area contributed by atoms with Crippen LogP contribution in [0.1, 0.15) is 21.6 Å². The van der Waals surface area contributed by atoms with Crippen molar-refractivity contribution in [2.75, 3.05) is 6.61 Å². The van der Waals surface area contributed by atoms with E-state index in [2.05, 4.69) is 9.72 Å². The molecule has 0 aliphatic rings. The number of aromatic carboxylic acids is 1. The van der Waals surface area contributed by atoms with Crippen LogP contribution in [0.15, 0.2) is 6.07 Å². The smallest absolute Gasteiger partial charge is 0.433 e. The minimum absolute atomic E-state index is 0.406. The third-order valence-electron chi connectivity index (χ3n) is 2.06. The summed E-state index contributed by atoms with van der Waals surface area (Å²) in [4.78, 5) is 13.6. The van der Waals surface area contributed by atoms with Gasteiger partial charge in [0.1, 0.15) is 11.3 Å². The second kappa shape index (κ2) is 5.17. The monoisotopic (exact) mass is 303 g/mol. The highest BCUT2D eigenvalue weighted by Crippen LogP contribution is 2.32. The van der Waals surface area contributed by atoms with Crippen molar-refractivity contribution >= 4 is 5.97 Å². The highest BCUT2D eigenvalue weighted by Gasteiger charge is 2.36. The zero-order chi connectivity index (χ0) is 15.7. The van der Waals surface area contributed by atoms with E-state index in [0.29, 0.717) is 6.07 Å². The maximum Gasteiger partial charge on any atom is 0.433 e. The molecule has 10 heteroatoms. The summed E-state index contributed by atoms with van der Waals surface area (Å²) in [6.45, 7) is -0.943. The largest absolute Gasteiger partial charge is 0.477 e. The second-order valence-electron chi connectivity index (χ2n) is 3.71. The van der Waals surface area contributed by atoms with E-state index >= 15 is 0 Å². The fourth-order valence-corrected chi connectivity index (χ4v) is 1.30. The number of rotatable bonds is 3. The van der Waals surface area contributed by atoms with Crippen molar-refractivity contribution in [2.24, 2.45) is 0 Å². The number of ether oxygens (including phenoxy) is 1. The molecule has 4 nitrogen and oxygen atoms in total. The van der Waals surface area contributed by atoms with Gasteiger partial charge in [0.25, 0.3) is 0 Å². The van der Waals surface area contributed by atoms with Crippen molar-refractivity contribution in [3.05, 3.63) is 22.9 Å². The number of hydrogen-bond acceptors (Lipinski definition) is 3. The number of halogens is 6. The Morgan fingerprint density at radius 1 is 1.30 bits per heavy atom. The summed E-state index contributed by atoms with van der Waals surface area (Å²) >= 11 is 0. The van der Waals surface area contributed by atoms with Crippen LogP contribution in [0, 0.1) is 6.92 Å². The Labute approximate surface area is 108 Å². The van der Waals surface area contributed by atoms with Crippen molar-refractivity contribution < 1.29 is 41.0 Å². The first-order valence-corrected chi connectivity index (χ1v) is 4.93. The third-order valence-corrected chi connectivity index (χ3v) is 2.06. The van der Waals surface area contributed by atoms with Crippen molar-refractivity contribution in [1.29, 1.82) is 0 Å². The Morgan fingerprint density at radius 3 is 2.25 bits per heavy atom. The van der Waals surface area contributed by atoms with Crippen LogP contribution in [0.25, 0.3) is 0 Å². The molecule has 0 saturated heterocycles. The molecule has 0 saturated carbocycles. The summed E-state index contributed by atoms with van der Waals surface area (Å²) in [6, 6.07) is 0.421. The van der Waals surface area contributed by atoms with Gasteiger partial charge >= 0.3 is 18.3 Å². The maximum atomic E-state index is 12.5. The summed E-state index contributed by atoms with van der Waals surface area (Å²) in [7, 11) is 0. The number of pyridine rings is 1. The molecule has 0 spiro atoms. The summed E-state index contributed by atoms with van der Waals surface area (Å²) in [5.41, 5.74) is -2.78. The van der Waals surface area contributed by atoms with Crippen molar-refractivity contribution in [3.63, 3.8) is 0 Å². The Balaban J connectivity index is 3.29. The Hall–Kier alpha value is -2.00. The molecule has 1 N–H and O–H groups in total. The van der Waals surface area contributed by atoms with E-state index in [9.17, 15) is 31.1 Å². The summed E-state index contributed by atoms with van der Waals surface area (Å²) < 4.78 is 77.4. The SMILES string of the molecule is Cc1cc(C(F)(F)F)nc(OCC(F)(F)F)c1C(=O)O. The van der Waals surface area contributed by atoms with E-state index < -0.39 is 47.6 Å². The van der Waals surface area contributed by atoms with Gasteiger partial charge in [-0.25, -0.2) is 9.78 Å². The average Bonchev–Trinajstić information content (AvgIpc) is 2.22. The Morgan fingerprint density at radius 2 is 1.85 bits per heavy atom. The number of carbonyl (C=O) groups is 1. The average molecular weight is 303 g/mol. The Bertz CT molecular complexity index is 523. The lowest BCUT2D eigenvalue weighted by molar-refractivity contribution is -0.155. The lowest BCUT2D eigenvalue weighted by atomic mass is 10.1. The standard InChI is InChI=1S/C10H7F6NO3/c1-4-2-5(10(14,15)16)17-7(6(4)8(18)19)20-3-9(11,12)13/h2H,3H2,1H3,(H,18,19). The Kier molecular flexibility index (Phi) is 4.15. The number of hydrogen-bond donors (Lipinski definition) is 1. The maximum absolute atomic E-state index is 12.5. The molecule has 0 unspecified atom stereocenters. The zero-order valence-electron chi connectivity index (χ0n) is 9.76. The number of carboxylic acids is 1. The van der Waals surface area contributed by atoms with Crippen LogP contribution in [-0.2, 0) is 6.18 Å². The molecule has 0 aromatic carbocycles. The molecular weight excluding hydrogens is 296 g/mol. The van der Waals surface area contributed by atoms with Crippen molar-refractivity contribution in [2.45, 2.75) is 19.3 Å². The van der Waals surface area contributed by atoms with Crippen molar-refractivity contribution in [3.8, 4) is 5.88 Å². The quantitative estimate of drug-likeness (QED) is 0.872. The van der Waals surface area contributed by atoms with E-state index in [-0.39, 0.29) is 0 Å². The molecule has 0 aliphatic heterocycles. The van der Waals surface area contributed by atoms with Crippen LogP contribution in [0.4, 0.5) is 26.3 Å². The van der Waals surface area contributed by atoms with Gasteiger partial charge in [-0.05, 0) is 18.6 Å². The van der Waals surface area contributed by atoms with Gasteiger partial charge in [-0.3, -0.25) is 0 Å². The molecule has 0 bridgehead atoms. The minimum Gasteiger partial charge on any atom is -0.477 e. The van der Waals surface area contributed by atoms with Crippen LogP contribution in [0.2, 0.25) is 0 Å². The normalized spacial score (nSPS) is 12.3. The van der Waals surface area contributed by atoms with Gasteiger partial charge in [0.05, 0.1) is 0 Å². The van der Waals surface area contributed by atoms with E-state index in [0.717, 1.165) is 6.92 Å². The predicted molar refractivity (Wildman–Crippen MR) is 52.5 cm³/mol. The van der Waals surface area contributed by atoms with Crippen LogP contribution in [-0.4, -0.2) is 28.8 Å². The first-order chi connectivity index (χ1) is 8.92. The van der Waals surface area contributed by atoms with Crippen LogP contribution in [0.5, 0.6) is 5.88 Å². The summed E-state index contributed by atoms with van der Waals surface area (Å²) in [5, 5.41) is 8.79. The van der Waals surface area contributed by atoms with Gasteiger partial charge in [-0.1, -0.05) is 0 Å². The molecule has 0 radical (unpaired) electrons. The summed E-state index contributed by atoms with van der Waals surface area (Å²) in [5.74, 6) is -2.96. The first kappa shape index (κ1) is 16.1. The molecule has 1 aromatic heterocycles. The topological polar surface area (TPSA) is 59.4 Å². The van der Waals surface area contributed by atoms with Gasteiger partial charge < -0.3 is 9.84 Å². The highest BCUT2D eigenvalue weighted by atomic mass is 19.4. The highest BCUT2D eigenvalue weighted by molar-refractivity contribution is 5.91. The third kappa shape index (κ3) is 4.00. The van der Waals surface area contributed by atoms with E-state index in [4.69, 9.17) is 5.11 Å². The predicted octanol–water partition coefficient (Wildman–Crippen LogP) is 3.05. The fraction of sp³-hybridized carbons (Fsp3) is 0.400. The van der Waals surface area contributed by atoms with E-state index in [1.54, 1.807) is 0 Å². The second-order valence-corrected chi connectivity index (χ2v) is 3.71.